The first-order chi connectivity index (χ1) is 19.5. The van der Waals surface area contributed by atoms with E-state index in [2.05, 4.69) is 5.32 Å². The Kier molecular flexibility index (Phi) is 10.1. The summed E-state index contributed by atoms with van der Waals surface area (Å²) in [5.74, 6) is -3.52. The van der Waals surface area contributed by atoms with Crippen molar-refractivity contribution in [2.75, 3.05) is 12.4 Å². The first-order valence-corrected chi connectivity index (χ1v) is 15.0. The quantitative estimate of drug-likeness (QED) is 0.289. The second kappa shape index (κ2) is 12.9. The van der Waals surface area contributed by atoms with Gasteiger partial charge in [0.25, 0.3) is 0 Å². The van der Waals surface area contributed by atoms with Crippen molar-refractivity contribution in [3.8, 4) is 0 Å². The number of esters is 3. The Hall–Kier alpha value is -2.01. The van der Waals surface area contributed by atoms with E-state index in [0.717, 1.165) is 0 Å². The second-order valence-corrected chi connectivity index (χ2v) is 12.8. The molecule has 4 heterocycles. The summed E-state index contributed by atoms with van der Waals surface area (Å²) < 4.78 is 53.2. The van der Waals surface area contributed by atoms with Crippen molar-refractivity contribution in [3.63, 3.8) is 0 Å². The lowest BCUT2D eigenvalue weighted by atomic mass is 9.97. The van der Waals surface area contributed by atoms with E-state index in [4.69, 9.17) is 42.6 Å². The highest BCUT2D eigenvalue weighted by Gasteiger charge is 2.60. The molecule has 0 spiro atoms. The number of nitrogens with one attached hydrogen (secondary N) is 1. The van der Waals surface area contributed by atoms with Gasteiger partial charge in [-0.25, -0.2) is 0 Å². The van der Waals surface area contributed by atoms with Crippen LogP contribution in [0.5, 0.6) is 0 Å². The molecule has 0 saturated carbocycles. The lowest BCUT2D eigenvalue weighted by Gasteiger charge is -2.45. The number of amides is 1. The van der Waals surface area contributed by atoms with Crippen LogP contribution in [-0.2, 0) is 61.8 Å². The van der Waals surface area contributed by atoms with Gasteiger partial charge in [0.1, 0.15) is 42.5 Å². The van der Waals surface area contributed by atoms with Crippen molar-refractivity contribution >= 4 is 35.6 Å². The lowest BCUT2D eigenvalue weighted by molar-refractivity contribution is -0.233. The Balaban J connectivity index is 1.52. The molecule has 238 valence electrons. The minimum Gasteiger partial charge on any atom is -0.463 e. The molecule has 15 heteroatoms. The molecule has 1 N–H and O–H groups in total. The lowest BCUT2D eigenvalue weighted by Crippen LogP contribution is -2.65. The minimum atomic E-state index is -1.15. The van der Waals surface area contributed by atoms with Crippen LogP contribution in [0.4, 0.5) is 0 Å². The first-order valence-electron chi connectivity index (χ1n) is 13.9. The fourth-order valence-corrected chi connectivity index (χ4v) is 6.91. The zero-order valence-corrected chi connectivity index (χ0v) is 25.9. The monoisotopic (exact) mass is 619 g/mol. The Morgan fingerprint density at radius 1 is 0.738 bits per heavy atom. The van der Waals surface area contributed by atoms with Crippen molar-refractivity contribution in [3.05, 3.63) is 0 Å². The summed E-state index contributed by atoms with van der Waals surface area (Å²) >= 11 is 1.33. The maximum absolute atomic E-state index is 12.2. The van der Waals surface area contributed by atoms with Crippen LogP contribution in [0, 0.1) is 0 Å². The van der Waals surface area contributed by atoms with E-state index in [1.165, 1.54) is 39.5 Å². The van der Waals surface area contributed by atoms with E-state index in [1.807, 2.05) is 27.7 Å². The van der Waals surface area contributed by atoms with Gasteiger partial charge in [0.2, 0.25) is 5.91 Å². The van der Waals surface area contributed by atoms with Gasteiger partial charge in [-0.3, -0.25) is 19.2 Å². The number of hydrogen-bond donors (Lipinski definition) is 1. The van der Waals surface area contributed by atoms with Gasteiger partial charge >= 0.3 is 17.9 Å². The second-order valence-electron chi connectivity index (χ2n) is 11.6. The van der Waals surface area contributed by atoms with Gasteiger partial charge in [0.05, 0.1) is 6.10 Å². The Bertz CT molecular complexity index is 1040. The molecule has 4 saturated heterocycles. The molecule has 0 aromatic rings. The van der Waals surface area contributed by atoms with Gasteiger partial charge in [-0.2, -0.15) is 0 Å². The first kappa shape index (κ1) is 32.9. The molecule has 0 unspecified atom stereocenters. The summed E-state index contributed by atoms with van der Waals surface area (Å²) in [4.78, 5) is 47.9. The maximum atomic E-state index is 12.2. The summed E-state index contributed by atoms with van der Waals surface area (Å²) in [5.41, 5.74) is -0.778. The number of carbonyl (C=O) groups is 4. The van der Waals surface area contributed by atoms with E-state index < -0.39 is 95.9 Å². The van der Waals surface area contributed by atoms with Crippen molar-refractivity contribution in [2.24, 2.45) is 0 Å². The van der Waals surface area contributed by atoms with Crippen LogP contribution < -0.4 is 5.32 Å². The predicted octanol–water partition coefficient (Wildman–Crippen LogP) is 1.16. The molecule has 14 nitrogen and oxygen atoms in total. The molecule has 42 heavy (non-hydrogen) atoms. The number of thioether (sulfide) groups is 1. The number of rotatable bonds is 9. The summed E-state index contributed by atoms with van der Waals surface area (Å²) in [7, 11) is 0. The van der Waals surface area contributed by atoms with Crippen LogP contribution in [0.1, 0.15) is 61.8 Å². The molecule has 0 radical (unpaired) electrons. The Morgan fingerprint density at radius 2 is 1.33 bits per heavy atom. The van der Waals surface area contributed by atoms with Crippen LogP contribution in [0.15, 0.2) is 0 Å². The van der Waals surface area contributed by atoms with E-state index >= 15 is 0 Å². The van der Waals surface area contributed by atoms with Gasteiger partial charge in [0.15, 0.2) is 30.1 Å². The molecule has 4 fully saturated rings. The molecular formula is C27H41NO13S. The average Bonchev–Trinajstić information content (AvgIpc) is 3.34. The normalized spacial score (nSPS) is 38.1. The van der Waals surface area contributed by atoms with E-state index in [9.17, 15) is 19.2 Å². The molecule has 10 atom stereocenters. The summed E-state index contributed by atoms with van der Waals surface area (Å²) in [6, 6.07) is -0.893. The molecule has 4 rings (SSSR count). The van der Waals surface area contributed by atoms with E-state index in [0.29, 0.717) is 12.2 Å². The van der Waals surface area contributed by atoms with Gasteiger partial charge in [-0.1, -0.05) is 0 Å². The maximum Gasteiger partial charge on any atom is 0.303 e. The van der Waals surface area contributed by atoms with E-state index in [1.54, 1.807) is 0 Å². The third kappa shape index (κ3) is 7.92. The molecule has 1 amide bonds. The third-order valence-electron chi connectivity index (χ3n) is 7.01. The van der Waals surface area contributed by atoms with E-state index in [-0.39, 0.29) is 6.61 Å². The predicted molar refractivity (Wildman–Crippen MR) is 144 cm³/mol. The van der Waals surface area contributed by atoms with Crippen molar-refractivity contribution in [1.29, 1.82) is 0 Å². The van der Waals surface area contributed by atoms with Gasteiger partial charge in [-0.15, -0.1) is 11.8 Å². The van der Waals surface area contributed by atoms with Crippen molar-refractivity contribution < 1.29 is 61.8 Å². The third-order valence-corrected chi connectivity index (χ3v) is 8.21. The number of carbonyl (C=O) groups excluding carboxylic acids is 4. The molecule has 4 aliphatic rings. The largest absolute Gasteiger partial charge is 0.463 e. The van der Waals surface area contributed by atoms with Gasteiger partial charge in [-0.05, 0) is 39.9 Å². The molecular weight excluding hydrogens is 578 g/mol. The van der Waals surface area contributed by atoms with Crippen LogP contribution in [-0.4, -0.2) is 108 Å². The number of hydrogen-bond acceptors (Lipinski definition) is 14. The smallest absolute Gasteiger partial charge is 0.303 e. The SMILES string of the molecule is CC(=O)N[C@@H]1[C@@H](OC(C)=O)[C@H](OC(C)=O)[C@@H](COC(C)=O)O[C@H]1SCC[C@H]1O[C@@H]2OC(C)(C)O[C@@H]2[C@H]2OC(C)(C)O[C@H]21. The van der Waals surface area contributed by atoms with Crippen molar-refractivity contribution in [1.82, 2.24) is 5.32 Å². The van der Waals surface area contributed by atoms with Crippen LogP contribution in [0.3, 0.4) is 0 Å². The average molecular weight is 620 g/mol. The Morgan fingerprint density at radius 3 is 1.95 bits per heavy atom. The number of ether oxygens (including phenoxy) is 9. The highest BCUT2D eigenvalue weighted by Crippen LogP contribution is 2.45. The molecule has 0 aliphatic carbocycles. The topological polar surface area (TPSA) is 163 Å². The highest BCUT2D eigenvalue weighted by molar-refractivity contribution is 7.99. The fraction of sp³-hybridized carbons (Fsp3) is 0.852. The minimum absolute atomic E-state index is 0.263. The molecule has 4 aliphatic heterocycles. The highest BCUT2D eigenvalue weighted by atomic mass is 32.2. The zero-order valence-electron chi connectivity index (χ0n) is 25.1. The Labute approximate surface area is 249 Å². The zero-order chi connectivity index (χ0) is 31.0. The van der Waals surface area contributed by atoms with Crippen LogP contribution in [0.2, 0.25) is 0 Å². The van der Waals surface area contributed by atoms with Gasteiger partial charge in [0, 0.05) is 27.7 Å². The summed E-state index contributed by atoms with van der Waals surface area (Å²) in [5, 5.41) is 2.78. The molecule has 0 aromatic heterocycles. The molecule has 0 bridgehead atoms. The van der Waals surface area contributed by atoms with Crippen LogP contribution in [0.25, 0.3) is 0 Å². The summed E-state index contributed by atoms with van der Waals surface area (Å²) in [6.07, 6.45) is -5.09. The van der Waals surface area contributed by atoms with Gasteiger partial charge < -0.3 is 47.9 Å². The van der Waals surface area contributed by atoms with Crippen LogP contribution >= 0.6 is 11.8 Å². The summed E-state index contributed by atoms with van der Waals surface area (Å²) in [6.45, 7) is 12.0. The fourth-order valence-electron chi connectivity index (χ4n) is 5.66. The van der Waals surface area contributed by atoms with Crippen molar-refractivity contribution in [2.45, 2.75) is 134 Å². The molecule has 0 aromatic carbocycles. The standard InChI is InChI=1S/C27H41NO13S/c1-12(29)28-18-21(35-15(4)32)19(34-14(3)31)17(11-33-13(2)30)37-25(18)42-10-9-16-20-22(39-26(5,6)38-20)23-24(36-16)41-27(7,8)40-23/h16-25H,9-11H2,1-8H3,(H,28,29)/t16-,17-,18-,19-,20+,21-,22+,23-,24-,25+/m1/s1. The number of fused-ring (bicyclic) bond motifs is 3.